The van der Waals surface area contributed by atoms with Crippen LogP contribution in [-0.4, -0.2) is 15.9 Å². The van der Waals surface area contributed by atoms with Gasteiger partial charge in [0.2, 0.25) is 5.91 Å². The van der Waals surface area contributed by atoms with E-state index in [0.717, 1.165) is 53.2 Å². The van der Waals surface area contributed by atoms with Crippen LogP contribution < -0.4 is 11.1 Å². The van der Waals surface area contributed by atoms with Crippen LogP contribution in [0.2, 0.25) is 0 Å². The van der Waals surface area contributed by atoms with Crippen molar-refractivity contribution >= 4 is 17.4 Å². The van der Waals surface area contributed by atoms with Gasteiger partial charge in [-0.15, -0.1) is 0 Å². The van der Waals surface area contributed by atoms with Gasteiger partial charge in [-0.25, -0.2) is 9.97 Å². The van der Waals surface area contributed by atoms with Crippen molar-refractivity contribution in [2.75, 3.05) is 11.1 Å². The third kappa shape index (κ3) is 4.52. The van der Waals surface area contributed by atoms with Crippen molar-refractivity contribution in [3.8, 4) is 11.3 Å². The van der Waals surface area contributed by atoms with Crippen molar-refractivity contribution in [3.63, 3.8) is 0 Å². The quantitative estimate of drug-likeness (QED) is 0.554. The minimum Gasteiger partial charge on any atom is -0.399 e. The summed E-state index contributed by atoms with van der Waals surface area (Å²) in [5.41, 5.74) is 13.0. The molecule has 3 aromatic rings. The molecule has 0 radical (unpaired) electrons. The zero-order chi connectivity index (χ0) is 21.9. The number of amides is 1. The Balaban J connectivity index is 1.47. The Bertz CT molecular complexity index is 1120. The molecule has 1 amide bonds. The zero-order valence-corrected chi connectivity index (χ0v) is 18.4. The fraction of sp³-hybridized carbons (Fsp3) is 0.370. The van der Waals surface area contributed by atoms with E-state index < -0.39 is 0 Å². The van der Waals surface area contributed by atoms with E-state index in [1.165, 1.54) is 37.7 Å². The number of nitrogens with zero attached hydrogens (tertiary/aromatic N) is 2. The van der Waals surface area contributed by atoms with Crippen molar-refractivity contribution in [2.45, 2.75) is 57.8 Å². The van der Waals surface area contributed by atoms with E-state index in [4.69, 9.17) is 15.7 Å². The highest BCUT2D eigenvalue weighted by atomic mass is 16.1. The highest BCUT2D eigenvalue weighted by Crippen LogP contribution is 2.35. The molecule has 0 unspecified atom stereocenters. The van der Waals surface area contributed by atoms with Gasteiger partial charge in [-0.1, -0.05) is 68.5 Å². The summed E-state index contributed by atoms with van der Waals surface area (Å²) in [7, 11) is 0. The monoisotopic (exact) mass is 426 g/mol. The smallest absolute Gasteiger partial charge is 0.229 e. The van der Waals surface area contributed by atoms with E-state index in [9.17, 15) is 4.79 Å². The Morgan fingerprint density at radius 2 is 1.81 bits per heavy atom. The minimum absolute atomic E-state index is 0.0423. The average Bonchev–Trinajstić information content (AvgIpc) is 2.80. The Labute approximate surface area is 189 Å². The second-order valence-corrected chi connectivity index (χ2v) is 9.15. The fourth-order valence-corrected chi connectivity index (χ4v) is 5.06. The largest absolute Gasteiger partial charge is 0.399 e. The first-order valence-electron chi connectivity index (χ1n) is 11.8. The lowest BCUT2D eigenvalue weighted by Crippen LogP contribution is -2.21. The van der Waals surface area contributed by atoms with Crippen LogP contribution in [0.15, 0.2) is 48.5 Å². The van der Waals surface area contributed by atoms with Gasteiger partial charge in [0.25, 0.3) is 0 Å². The van der Waals surface area contributed by atoms with Crippen LogP contribution in [0, 0.1) is 5.92 Å². The van der Waals surface area contributed by atoms with Crippen LogP contribution >= 0.6 is 0 Å². The molecule has 5 nitrogen and oxygen atoms in total. The van der Waals surface area contributed by atoms with Crippen molar-refractivity contribution in [1.82, 2.24) is 9.97 Å². The van der Waals surface area contributed by atoms with Gasteiger partial charge in [-0.05, 0) is 48.4 Å². The molecular formula is C27H30N4O. The molecular weight excluding hydrogens is 396 g/mol. The SMILES string of the molecule is Nc1ccc2c(c1)CCc1nc(NC(=O)Cc3ccccc3)c(CC3CCCCC3)nc1-2. The Kier molecular flexibility index (Phi) is 5.89. The maximum atomic E-state index is 12.8. The number of aryl methyl sites for hydroxylation is 2. The maximum absolute atomic E-state index is 12.8. The van der Waals surface area contributed by atoms with Crippen molar-refractivity contribution in [3.05, 3.63) is 71.0 Å². The number of fused-ring (bicyclic) bond motifs is 3. The van der Waals surface area contributed by atoms with Gasteiger partial charge in [0, 0.05) is 11.3 Å². The van der Waals surface area contributed by atoms with E-state index in [1.807, 2.05) is 36.4 Å². The van der Waals surface area contributed by atoms with E-state index in [0.29, 0.717) is 18.2 Å². The summed E-state index contributed by atoms with van der Waals surface area (Å²) in [5, 5.41) is 3.10. The molecule has 0 spiro atoms. The van der Waals surface area contributed by atoms with Crippen LogP contribution in [-0.2, 0) is 30.5 Å². The molecule has 2 aliphatic rings. The summed E-state index contributed by atoms with van der Waals surface area (Å²) in [6.07, 6.45) is 9.23. The second kappa shape index (κ2) is 9.11. The van der Waals surface area contributed by atoms with E-state index in [-0.39, 0.29) is 5.91 Å². The fourth-order valence-electron chi connectivity index (χ4n) is 5.06. The summed E-state index contributed by atoms with van der Waals surface area (Å²) in [6.45, 7) is 0. The predicted molar refractivity (Wildman–Crippen MR) is 128 cm³/mol. The number of rotatable bonds is 5. The molecule has 0 saturated heterocycles. The molecule has 2 aromatic carbocycles. The summed E-state index contributed by atoms with van der Waals surface area (Å²) in [6, 6.07) is 15.9. The molecule has 164 valence electrons. The number of benzene rings is 2. The van der Waals surface area contributed by atoms with Gasteiger partial charge in [0.15, 0.2) is 5.82 Å². The summed E-state index contributed by atoms with van der Waals surface area (Å²) < 4.78 is 0. The molecule has 1 heterocycles. The molecule has 32 heavy (non-hydrogen) atoms. The highest BCUT2D eigenvalue weighted by molar-refractivity contribution is 5.92. The molecule has 1 fully saturated rings. The predicted octanol–water partition coefficient (Wildman–Crippen LogP) is 5.13. The number of nitrogens with one attached hydrogen (secondary N) is 1. The van der Waals surface area contributed by atoms with Gasteiger partial charge in [-0.3, -0.25) is 4.79 Å². The molecule has 5 heteroatoms. The van der Waals surface area contributed by atoms with Crippen LogP contribution in [0.3, 0.4) is 0 Å². The van der Waals surface area contributed by atoms with Gasteiger partial charge in [0.1, 0.15) is 0 Å². The molecule has 5 rings (SSSR count). The first kappa shape index (κ1) is 20.7. The third-order valence-corrected chi connectivity index (χ3v) is 6.73. The Hall–Kier alpha value is -3.21. The third-order valence-electron chi connectivity index (χ3n) is 6.73. The molecule has 1 saturated carbocycles. The second-order valence-electron chi connectivity index (χ2n) is 9.15. The first-order valence-corrected chi connectivity index (χ1v) is 11.8. The van der Waals surface area contributed by atoms with Crippen LogP contribution in [0.1, 0.15) is 54.6 Å². The lowest BCUT2D eigenvalue weighted by molar-refractivity contribution is -0.115. The molecule has 0 atom stereocenters. The number of anilines is 2. The van der Waals surface area contributed by atoms with Crippen molar-refractivity contribution in [1.29, 1.82) is 0 Å². The number of nitrogen functional groups attached to an aromatic ring is 1. The standard InChI is InChI=1S/C27H30N4O/c28-21-12-13-22-20(17-21)11-14-23-26(22)29-24(15-18-7-3-1-4-8-18)27(30-23)31-25(32)16-19-9-5-2-6-10-19/h2,5-6,9-10,12-13,17-18H,1,3-4,7-8,11,14-16,28H2,(H,30,31,32). The van der Waals surface area contributed by atoms with Crippen molar-refractivity contribution < 1.29 is 4.79 Å². The number of carbonyl (C=O) groups is 1. The molecule has 1 aromatic heterocycles. The van der Waals surface area contributed by atoms with Gasteiger partial charge in [0.05, 0.1) is 23.5 Å². The van der Waals surface area contributed by atoms with Gasteiger partial charge >= 0.3 is 0 Å². The summed E-state index contributed by atoms with van der Waals surface area (Å²) in [4.78, 5) is 22.9. The number of hydrogen-bond donors (Lipinski definition) is 2. The maximum Gasteiger partial charge on any atom is 0.229 e. The van der Waals surface area contributed by atoms with Crippen molar-refractivity contribution in [2.24, 2.45) is 5.92 Å². The molecule has 2 aliphatic carbocycles. The summed E-state index contributed by atoms with van der Waals surface area (Å²) >= 11 is 0. The number of aromatic nitrogens is 2. The first-order chi connectivity index (χ1) is 15.7. The summed E-state index contributed by atoms with van der Waals surface area (Å²) in [5.74, 6) is 1.21. The topological polar surface area (TPSA) is 80.9 Å². The van der Waals surface area contributed by atoms with Crippen LogP contribution in [0.25, 0.3) is 11.3 Å². The number of nitrogens with two attached hydrogens (primary N) is 1. The normalized spacial score (nSPS) is 15.6. The lowest BCUT2D eigenvalue weighted by Gasteiger charge is -2.24. The van der Waals surface area contributed by atoms with E-state index >= 15 is 0 Å². The van der Waals surface area contributed by atoms with Crippen LogP contribution in [0.4, 0.5) is 11.5 Å². The van der Waals surface area contributed by atoms with Crippen LogP contribution in [0.5, 0.6) is 0 Å². The van der Waals surface area contributed by atoms with Gasteiger partial charge in [-0.2, -0.15) is 0 Å². The van der Waals surface area contributed by atoms with Gasteiger partial charge < -0.3 is 11.1 Å². The average molecular weight is 427 g/mol. The lowest BCUT2D eigenvalue weighted by atomic mass is 9.85. The zero-order valence-electron chi connectivity index (χ0n) is 18.4. The number of hydrogen-bond acceptors (Lipinski definition) is 4. The van der Waals surface area contributed by atoms with E-state index in [1.54, 1.807) is 0 Å². The molecule has 3 N–H and O–H groups in total. The highest BCUT2D eigenvalue weighted by Gasteiger charge is 2.24. The molecule has 0 bridgehead atoms. The van der Waals surface area contributed by atoms with E-state index in [2.05, 4.69) is 17.4 Å². The number of carbonyl (C=O) groups excluding carboxylic acids is 1. The molecule has 0 aliphatic heterocycles. The Morgan fingerprint density at radius 1 is 1.00 bits per heavy atom. The Morgan fingerprint density at radius 3 is 2.62 bits per heavy atom. The minimum atomic E-state index is -0.0423.